The molecule has 1 rings (SSSR count). The first-order chi connectivity index (χ1) is 5.69. The summed E-state index contributed by atoms with van der Waals surface area (Å²) in [5, 5.41) is 2.30. The van der Waals surface area contributed by atoms with E-state index in [1.54, 1.807) is 0 Å². The lowest BCUT2D eigenvalue weighted by Crippen LogP contribution is -2.39. The van der Waals surface area contributed by atoms with Gasteiger partial charge in [0.2, 0.25) is 0 Å². The Hall–Kier alpha value is -1.52. The molecule has 66 valence electrons. The second-order valence-electron chi connectivity index (χ2n) is 2.25. The first-order valence-corrected chi connectivity index (χ1v) is 3.36. The lowest BCUT2D eigenvalue weighted by Gasteiger charge is -2.09. The Morgan fingerprint density at radius 1 is 1.83 bits per heavy atom. The average molecular weight is 171 g/mol. The average Bonchev–Trinajstić information content (AvgIpc) is 2.45. The van der Waals surface area contributed by atoms with Crippen molar-refractivity contribution in [2.45, 2.75) is 12.1 Å². The standard InChI is InChI=1S/C7H9NO4/c1-3-4-5(6(9)11-2)8-7(10)12-4/h3-5H,1H2,2H3,(H,8,10)/t4-,5+/m1/s1. The minimum Gasteiger partial charge on any atom is -0.467 e. The van der Waals surface area contributed by atoms with Crippen molar-refractivity contribution in [3.05, 3.63) is 12.7 Å². The highest BCUT2D eigenvalue weighted by molar-refractivity contribution is 5.85. The molecule has 5 heteroatoms. The number of cyclic esters (lactones) is 1. The van der Waals surface area contributed by atoms with Crippen LogP contribution < -0.4 is 5.32 Å². The topological polar surface area (TPSA) is 64.6 Å². The van der Waals surface area contributed by atoms with Gasteiger partial charge >= 0.3 is 12.1 Å². The van der Waals surface area contributed by atoms with Gasteiger partial charge in [0.25, 0.3) is 0 Å². The normalized spacial score (nSPS) is 27.2. The highest BCUT2D eigenvalue weighted by Crippen LogP contribution is 2.10. The largest absolute Gasteiger partial charge is 0.467 e. The Kier molecular flexibility index (Phi) is 2.32. The van der Waals surface area contributed by atoms with Crippen LogP contribution >= 0.6 is 0 Å². The van der Waals surface area contributed by atoms with Gasteiger partial charge in [0.05, 0.1) is 7.11 Å². The molecule has 1 aliphatic rings. The van der Waals surface area contributed by atoms with Crippen LogP contribution in [0.5, 0.6) is 0 Å². The van der Waals surface area contributed by atoms with Crippen LogP contribution in [0.1, 0.15) is 0 Å². The summed E-state index contributed by atoms with van der Waals surface area (Å²) in [7, 11) is 1.24. The zero-order valence-corrected chi connectivity index (χ0v) is 6.57. The van der Waals surface area contributed by atoms with Crippen LogP contribution in [0.2, 0.25) is 0 Å². The monoisotopic (exact) mass is 171 g/mol. The van der Waals surface area contributed by atoms with Crippen molar-refractivity contribution in [3.8, 4) is 0 Å². The van der Waals surface area contributed by atoms with Gasteiger partial charge in [0, 0.05) is 0 Å². The van der Waals surface area contributed by atoms with E-state index in [2.05, 4.69) is 21.4 Å². The second kappa shape index (κ2) is 3.25. The number of carbonyl (C=O) groups is 2. The fraction of sp³-hybridized carbons (Fsp3) is 0.429. The summed E-state index contributed by atoms with van der Waals surface area (Å²) in [6.07, 6.45) is 0.111. The first kappa shape index (κ1) is 8.58. The molecule has 1 N–H and O–H groups in total. The van der Waals surface area contributed by atoms with Crippen LogP contribution in [-0.2, 0) is 14.3 Å². The van der Waals surface area contributed by atoms with Gasteiger partial charge in [0.1, 0.15) is 0 Å². The molecule has 0 aromatic heterocycles. The molecular weight excluding hydrogens is 162 g/mol. The van der Waals surface area contributed by atoms with Crippen molar-refractivity contribution >= 4 is 12.1 Å². The van der Waals surface area contributed by atoms with Crippen molar-refractivity contribution in [3.63, 3.8) is 0 Å². The number of nitrogens with one attached hydrogen (secondary N) is 1. The van der Waals surface area contributed by atoms with E-state index in [-0.39, 0.29) is 0 Å². The van der Waals surface area contributed by atoms with Gasteiger partial charge in [-0.05, 0) is 6.08 Å². The molecule has 0 saturated carbocycles. The zero-order chi connectivity index (χ0) is 9.14. The van der Waals surface area contributed by atoms with E-state index in [0.29, 0.717) is 0 Å². The summed E-state index contributed by atoms with van der Waals surface area (Å²) in [4.78, 5) is 21.6. The summed E-state index contributed by atoms with van der Waals surface area (Å²) in [6, 6.07) is -0.764. The minimum absolute atomic E-state index is 0.536. The number of ether oxygens (including phenoxy) is 2. The van der Waals surface area contributed by atoms with Gasteiger partial charge in [-0.15, -0.1) is 0 Å². The number of rotatable bonds is 2. The van der Waals surface area contributed by atoms with Crippen molar-refractivity contribution in [2.24, 2.45) is 0 Å². The van der Waals surface area contributed by atoms with E-state index in [9.17, 15) is 9.59 Å². The van der Waals surface area contributed by atoms with Crippen LogP contribution in [0.3, 0.4) is 0 Å². The molecule has 12 heavy (non-hydrogen) atoms. The summed E-state index contributed by atoms with van der Waals surface area (Å²) in [5.74, 6) is -0.536. The fourth-order valence-corrected chi connectivity index (χ4v) is 0.939. The molecule has 0 radical (unpaired) electrons. The van der Waals surface area contributed by atoms with Gasteiger partial charge in [-0.3, -0.25) is 0 Å². The molecule has 1 saturated heterocycles. The van der Waals surface area contributed by atoms with Crippen molar-refractivity contribution in [1.82, 2.24) is 5.32 Å². The second-order valence-corrected chi connectivity index (χ2v) is 2.25. The summed E-state index contributed by atoms with van der Waals surface area (Å²) in [5.41, 5.74) is 0. The molecule has 0 spiro atoms. The molecule has 0 unspecified atom stereocenters. The van der Waals surface area contributed by atoms with E-state index in [0.717, 1.165) is 0 Å². The van der Waals surface area contributed by atoms with Crippen molar-refractivity contribution < 1.29 is 19.1 Å². The van der Waals surface area contributed by atoms with Crippen molar-refractivity contribution in [1.29, 1.82) is 0 Å². The third-order valence-electron chi connectivity index (χ3n) is 1.53. The van der Waals surface area contributed by atoms with E-state index >= 15 is 0 Å². The molecule has 1 amide bonds. The minimum atomic E-state index is -0.764. The van der Waals surface area contributed by atoms with Crippen LogP contribution in [-0.4, -0.2) is 31.3 Å². The third kappa shape index (κ3) is 1.39. The lowest BCUT2D eigenvalue weighted by molar-refractivity contribution is -0.143. The lowest BCUT2D eigenvalue weighted by atomic mass is 10.2. The molecule has 1 fully saturated rings. The van der Waals surface area contributed by atoms with Crippen LogP contribution in [0.25, 0.3) is 0 Å². The quantitative estimate of drug-likeness (QED) is 0.462. The zero-order valence-electron chi connectivity index (χ0n) is 6.57. The number of hydrogen-bond acceptors (Lipinski definition) is 4. The van der Waals surface area contributed by atoms with E-state index in [1.807, 2.05) is 0 Å². The van der Waals surface area contributed by atoms with E-state index in [4.69, 9.17) is 0 Å². The summed E-state index contributed by atoms with van der Waals surface area (Å²) in [6.45, 7) is 3.42. The molecule has 1 aliphatic heterocycles. The molecule has 1 heterocycles. The molecule has 2 atom stereocenters. The predicted molar refractivity (Wildman–Crippen MR) is 39.4 cm³/mol. The number of alkyl carbamates (subject to hydrolysis) is 1. The maximum Gasteiger partial charge on any atom is 0.408 e. The molecule has 5 nitrogen and oxygen atoms in total. The third-order valence-corrected chi connectivity index (χ3v) is 1.53. The molecule has 0 bridgehead atoms. The number of hydrogen-bond donors (Lipinski definition) is 1. The fourth-order valence-electron chi connectivity index (χ4n) is 0.939. The van der Waals surface area contributed by atoms with E-state index < -0.39 is 24.2 Å². The van der Waals surface area contributed by atoms with E-state index in [1.165, 1.54) is 13.2 Å². The number of methoxy groups -OCH3 is 1. The predicted octanol–water partition coefficient (Wildman–Crippen LogP) is -0.178. The molecule has 0 aromatic carbocycles. The SMILES string of the molecule is C=C[C@H]1OC(=O)N[C@@H]1C(=O)OC. The number of amides is 1. The smallest absolute Gasteiger partial charge is 0.408 e. The van der Waals surface area contributed by atoms with Gasteiger partial charge in [0.15, 0.2) is 12.1 Å². The van der Waals surface area contributed by atoms with Crippen molar-refractivity contribution in [2.75, 3.05) is 7.11 Å². The van der Waals surface area contributed by atoms with Crippen LogP contribution in [0.4, 0.5) is 4.79 Å². The summed E-state index contributed by atoms with van der Waals surface area (Å²) < 4.78 is 9.11. The van der Waals surface area contributed by atoms with Gasteiger partial charge in [-0.2, -0.15) is 0 Å². The Bertz CT molecular complexity index is 225. The maximum absolute atomic E-state index is 11.0. The first-order valence-electron chi connectivity index (χ1n) is 3.36. The Balaban J connectivity index is 2.69. The highest BCUT2D eigenvalue weighted by atomic mass is 16.6. The molecule has 0 aromatic rings. The van der Waals surface area contributed by atoms with Crippen LogP contribution in [0.15, 0.2) is 12.7 Å². The van der Waals surface area contributed by atoms with Gasteiger partial charge in [-0.1, -0.05) is 6.58 Å². The van der Waals surface area contributed by atoms with Gasteiger partial charge < -0.3 is 14.8 Å². The summed E-state index contributed by atoms with van der Waals surface area (Å²) >= 11 is 0. The van der Waals surface area contributed by atoms with Crippen LogP contribution in [0, 0.1) is 0 Å². The Morgan fingerprint density at radius 2 is 2.50 bits per heavy atom. The number of esters is 1. The van der Waals surface area contributed by atoms with Gasteiger partial charge in [-0.25, -0.2) is 9.59 Å². The highest BCUT2D eigenvalue weighted by Gasteiger charge is 2.37. The number of carbonyl (C=O) groups excluding carboxylic acids is 2. The molecular formula is C7H9NO4. The molecule has 0 aliphatic carbocycles. The maximum atomic E-state index is 11.0. The Morgan fingerprint density at radius 3 is 3.00 bits per heavy atom. The Labute approximate surface area is 69.3 Å².